The van der Waals surface area contributed by atoms with Gasteiger partial charge in [-0.15, -0.1) is 11.3 Å². The maximum absolute atomic E-state index is 12.9. The zero-order chi connectivity index (χ0) is 16.9. The standard InChI is InChI=1S/C17H18FN3O2S/c18-13-5-3-12(4-6-13)11-21-8-7-15(16(21)22)20-17(23)19-10-14-2-1-9-24-14/h1-6,9,15H,7-8,10-11H2,(H2,19,20,23)/t15-/m0/s1. The van der Waals surface area contributed by atoms with Crippen LogP contribution < -0.4 is 10.6 Å². The smallest absolute Gasteiger partial charge is 0.315 e. The van der Waals surface area contributed by atoms with Crippen molar-refractivity contribution in [3.8, 4) is 0 Å². The van der Waals surface area contributed by atoms with Gasteiger partial charge >= 0.3 is 6.03 Å². The van der Waals surface area contributed by atoms with E-state index in [0.717, 1.165) is 10.4 Å². The first-order valence-corrected chi connectivity index (χ1v) is 8.60. The van der Waals surface area contributed by atoms with Crippen molar-refractivity contribution in [2.75, 3.05) is 6.54 Å². The molecule has 0 bridgehead atoms. The number of nitrogens with one attached hydrogen (secondary N) is 2. The number of benzene rings is 1. The molecule has 126 valence electrons. The maximum atomic E-state index is 12.9. The van der Waals surface area contributed by atoms with Crippen LogP contribution in [0.1, 0.15) is 16.9 Å². The number of nitrogens with zero attached hydrogens (tertiary/aromatic N) is 1. The van der Waals surface area contributed by atoms with Crippen molar-refractivity contribution in [1.29, 1.82) is 0 Å². The first-order chi connectivity index (χ1) is 11.6. The summed E-state index contributed by atoms with van der Waals surface area (Å²) in [5, 5.41) is 7.42. The van der Waals surface area contributed by atoms with Crippen LogP contribution in [0.5, 0.6) is 0 Å². The Kier molecular flexibility index (Phi) is 5.10. The molecular formula is C17H18FN3O2S. The second-order valence-electron chi connectivity index (χ2n) is 5.63. The van der Waals surface area contributed by atoms with E-state index in [9.17, 15) is 14.0 Å². The van der Waals surface area contributed by atoms with E-state index in [1.807, 2.05) is 17.5 Å². The highest BCUT2D eigenvalue weighted by Gasteiger charge is 2.32. The van der Waals surface area contributed by atoms with Crippen molar-refractivity contribution in [2.24, 2.45) is 0 Å². The van der Waals surface area contributed by atoms with Gasteiger partial charge in [-0.2, -0.15) is 0 Å². The average Bonchev–Trinajstić information content (AvgIpc) is 3.20. The van der Waals surface area contributed by atoms with Gasteiger partial charge in [0.15, 0.2) is 0 Å². The molecule has 1 aliphatic rings. The van der Waals surface area contributed by atoms with E-state index in [0.29, 0.717) is 26.1 Å². The quantitative estimate of drug-likeness (QED) is 0.873. The molecule has 0 saturated carbocycles. The van der Waals surface area contributed by atoms with Crippen LogP contribution in [0, 0.1) is 5.82 Å². The average molecular weight is 347 g/mol. The van der Waals surface area contributed by atoms with Gasteiger partial charge in [-0.3, -0.25) is 4.79 Å². The van der Waals surface area contributed by atoms with Gasteiger partial charge < -0.3 is 15.5 Å². The highest BCUT2D eigenvalue weighted by Crippen LogP contribution is 2.15. The number of likely N-dealkylation sites (tertiary alicyclic amines) is 1. The van der Waals surface area contributed by atoms with Crippen molar-refractivity contribution in [1.82, 2.24) is 15.5 Å². The fourth-order valence-electron chi connectivity index (χ4n) is 2.63. The zero-order valence-electron chi connectivity index (χ0n) is 13.0. The minimum atomic E-state index is -0.506. The van der Waals surface area contributed by atoms with Gasteiger partial charge in [0.2, 0.25) is 5.91 Å². The highest BCUT2D eigenvalue weighted by atomic mass is 32.1. The summed E-state index contributed by atoms with van der Waals surface area (Å²) < 4.78 is 12.9. The molecule has 0 aliphatic carbocycles. The molecule has 3 rings (SSSR count). The first-order valence-electron chi connectivity index (χ1n) is 7.72. The molecule has 5 nitrogen and oxygen atoms in total. The molecule has 7 heteroatoms. The van der Waals surface area contributed by atoms with Crippen molar-refractivity contribution in [2.45, 2.75) is 25.6 Å². The summed E-state index contributed by atoms with van der Waals surface area (Å²) in [7, 11) is 0. The summed E-state index contributed by atoms with van der Waals surface area (Å²) in [6.07, 6.45) is 0.576. The largest absolute Gasteiger partial charge is 0.336 e. The first kappa shape index (κ1) is 16.4. The van der Waals surface area contributed by atoms with Gasteiger partial charge in [-0.25, -0.2) is 9.18 Å². The van der Waals surface area contributed by atoms with Crippen LogP contribution in [0.3, 0.4) is 0 Å². The Bertz CT molecular complexity index is 703. The van der Waals surface area contributed by atoms with E-state index in [-0.39, 0.29) is 17.8 Å². The third kappa shape index (κ3) is 4.11. The van der Waals surface area contributed by atoms with E-state index in [2.05, 4.69) is 10.6 Å². The Labute approximate surface area is 143 Å². The molecule has 2 aromatic rings. The van der Waals surface area contributed by atoms with E-state index >= 15 is 0 Å². The van der Waals surface area contributed by atoms with Gasteiger partial charge in [0, 0.05) is 18.0 Å². The molecule has 1 aromatic carbocycles. The van der Waals surface area contributed by atoms with Gasteiger partial charge in [0.25, 0.3) is 0 Å². The van der Waals surface area contributed by atoms with Crippen LogP contribution in [0.25, 0.3) is 0 Å². The molecule has 2 N–H and O–H groups in total. The van der Waals surface area contributed by atoms with Gasteiger partial charge in [0.1, 0.15) is 11.9 Å². The molecule has 2 heterocycles. The number of halogens is 1. The molecule has 0 spiro atoms. The van der Waals surface area contributed by atoms with Crippen LogP contribution in [0.4, 0.5) is 9.18 Å². The van der Waals surface area contributed by atoms with Gasteiger partial charge in [-0.1, -0.05) is 18.2 Å². The number of carbonyl (C=O) groups is 2. The Hall–Kier alpha value is -2.41. The predicted octanol–water partition coefficient (Wildman–Crippen LogP) is 2.49. The molecule has 24 heavy (non-hydrogen) atoms. The SMILES string of the molecule is O=C(NCc1cccs1)N[C@H]1CCN(Cc2ccc(F)cc2)C1=O. The summed E-state index contributed by atoms with van der Waals surface area (Å²) >= 11 is 1.57. The minimum absolute atomic E-state index is 0.106. The van der Waals surface area contributed by atoms with Crippen LogP contribution in [0.15, 0.2) is 41.8 Å². The Morgan fingerprint density at radius 2 is 2.08 bits per heavy atom. The third-order valence-corrected chi connectivity index (χ3v) is 4.77. The second kappa shape index (κ2) is 7.44. The Balaban J connectivity index is 1.48. The van der Waals surface area contributed by atoms with E-state index < -0.39 is 6.04 Å². The predicted molar refractivity (Wildman–Crippen MR) is 89.9 cm³/mol. The molecule has 1 aromatic heterocycles. The number of amides is 3. The van der Waals surface area contributed by atoms with E-state index in [1.165, 1.54) is 12.1 Å². The van der Waals surface area contributed by atoms with Crippen molar-refractivity contribution in [3.05, 3.63) is 58.0 Å². The minimum Gasteiger partial charge on any atom is -0.336 e. The monoisotopic (exact) mass is 347 g/mol. The molecule has 1 fully saturated rings. The van der Waals surface area contributed by atoms with E-state index in [4.69, 9.17) is 0 Å². The lowest BCUT2D eigenvalue weighted by molar-refractivity contribution is -0.129. The lowest BCUT2D eigenvalue weighted by Gasteiger charge is -2.17. The number of urea groups is 1. The molecule has 1 saturated heterocycles. The molecule has 3 amide bonds. The van der Waals surface area contributed by atoms with Crippen LogP contribution >= 0.6 is 11.3 Å². The van der Waals surface area contributed by atoms with Crippen molar-refractivity contribution in [3.63, 3.8) is 0 Å². The number of hydrogen-bond donors (Lipinski definition) is 2. The number of hydrogen-bond acceptors (Lipinski definition) is 3. The molecule has 1 atom stereocenters. The molecule has 0 unspecified atom stereocenters. The summed E-state index contributed by atoms with van der Waals surface area (Å²) in [6.45, 7) is 1.45. The summed E-state index contributed by atoms with van der Waals surface area (Å²) in [5.74, 6) is -0.404. The van der Waals surface area contributed by atoms with Crippen molar-refractivity contribution < 1.29 is 14.0 Å². The second-order valence-corrected chi connectivity index (χ2v) is 6.67. The van der Waals surface area contributed by atoms with Crippen LogP contribution in [0.2, 0.25) is 0 Å². The Morgan fingerprint density at radius 1 is 1.29 bits per heavy atom. The summed E-state index contributed by atoms with van der Waals surface area (Å²) in [6, 6.07) is 9.10. The number of carbonyl (C=O) groups excluding carboxylic acids is 2. The molecule has 0 radical (unpaired) electrons. The highest BCUT2D eigenvalue weighted by molar-refractivity contribution is 7.09. The fourth-order valence-corrected chi connectivity index (χ4v) is 3.27. The summed E-state index contributed by atoms with van der Waals surface area (Å²) in [5.41, 5.74) is 0.868. The lowest BCUT2D eigenvalue weighted by Crippen LogP contribution is -2.45. The number of rotatable bonds is 5. The number of thiophene rings is 1. The van der Waals surface area contributed by atoms with Gasteiger partial charge in [-0.05, 0) is 35.6 Å². The summed E-state index contributed by atoms with van der Waals surface area (Å²) in [4.78, 5) is 27.0. The lowest BCUT2D eigenvalue weighted by atomic mass is 10.2. The zero-order valence-corrected chi connectivity index (χ0v) is 13.8. The maximum Gasteiger partial charge on any atom is 0.315 e. The molecule has 1 aliphatic heterocycles. The Morgan fingerprint density at radius 3 is 2.79 bits per heavy atom. The van der Waals surface area contributed by atoms with Crippen molar-refractivity contribution >= 4 is 23.3 Å². The normalized spacial score (nSPS) is 17.1. The van der Waals surface area contributed by atoms with Crippen LogP contribution in [-0.2, 0) is 17.9 Å². The van der Waals surface area contributed by atoms with E-state index in [1.54, 1.807) is 28.4 Å². The van der Waals surface area contributed by atoms with Gasteiger partial charge in [0.05, 0.1) is 6.54 Å². The van der Waals surface area contributed by atoms with Crippen LogP contribution in [-0.4, -0.2) is 29.4 Å². The fraction of sp³-hybridized carbons (Fsp3) is 0.294. The molecular weight excluding hydrogens is 329 g/mol. The topological polar surface area (TPSA) is 61.4 Å². The third-order valence-electron chi connectivity index (χ3n) is 3.89.